The zero-order valence-corrected chi connectivity index (χ0v) is 20.0. The summed E-state index contributed by atoms with van der Waals surface area (Å²) < 4.78 is 18.1. The minimum Gasteiger partial charge on any atom is -0.508 e. The van der Waals surface area contributed by atoms with Crippen LogP contribution in [-0.4, -0.2) is 29.8 Å². The van der Waals surface area contributed by atoms with Gasteiger partial charge in [0.1, 0.15) is 17.1 Å². The first-order chi connectivity index (χ1) is 16.5. The van der Waals surface area contributed by atoms with Gasteiger partial charge >= 0.3 is 0 Å². The first kappa shape index (κ1) is 22.9. The van der Waals surface area contributed by atoms with E-state index in [1.54, 1.807) is 19.2 Å². The molecule has 34 heavy (non-hydrogen) atoms. The molecule has 1 spiro atoms. The van der Waals surface area contributed by atoms with E-state index in [1.807, 2.05) is 18.2 Å². The van der Waals surface area contributed by atoms with Gasteiger partial charge in [-0.05, 0) is 81.5 Å². The van der Waals surface area contributed by atoms with E-state index in [4.69, 9.17) is 14.2 Å². The van der Waals surface area contributed by atoms with Gasteiger partial charge in [-0.3, -0.25) is 4.79 Å². The number of carbonyl (C=O) groups is 1. The molecule has 2 fully saturated rings. The standard InChI is InChI=1S/C28H35NO5/c1-32-24-11-4-7-19(27(24)33-21-9-2-3-10-21)8-5-12-26(31)29-23-18-28(15-6-16-28)34-25-17-20(30)13-14-22(23)25/h4,7,11,13-14,17,21,23,30H,2-3,5-6,8-10,12,15-16,18H2,1H3,(H,29,31). The highest BCUT2D eigenvalue weighted by Gasteiger charge is 2.46. The average Bonchev–Trinajstić information content (AvgIpc) is 3.31. The summed E-state index contributed by atoms with van der Waals surface area (Å²) in [5.74, 6) is 2.53. The van der Waals surface area contributed by atoms with Gasteiger partial charge in [0, 0.05) is 24.5 Å². The summed E-state index contributed by atoms with van der Waals surface area (Å²) in [5, 5.41) is 13.1. The van der Waals surface area contributed by atoms with Gasteiger partial charge in [-0.25, -0.2) is 0 Å². The molecule has 2 aromatic rings. The van der Waals surface area contributed by atoms with E-state index >= 15 is 0 Å². The number of para-hydroxylation sites is 1. The predicted octanol–water partition coefficient (Wildman–Crippen LogP) is 5.61. The smallest absolute Gasteiger partial charge is 0.220 e. The van der Waals surface area contributed by atoms with Crippen molar-refractivity contribution in [3.05, 3.63) is 47.5 Å². The van der Waals surface area contributed by atoms with Gasteiger partial charge in [0.25, 0.3) is 0 Å². The number of nitrogens with one attached hydrogen (secondary N) is 1. The third-order valence-corrected chi connectivity index (χ3v) is 7.59. The number of carbonyl (C=O) groups excluding carboxylic acids is 1. The number of ether oxygens (including phenoxy) is 3. The minimum atomic E-state index is -0.203. The average molecular weight is 466 g/mol. The second kappa shape index (κ2) is 9.77. The highest BCUT2D eigenvalue weighted by Crippen LogP contribution is 2.49. The molecule has 2 aliphatic carbocycles. The summed E-state index contributed by atoms with van der Waals surface area (Å²) in [6, 6.07) is 11.1. The highest BCUT2D eigenvalue weighted by molar-refractivity contribution is 5.76. The Hall–Kier alpha value is -2.89. The van der Waals surface area contributed by atoms with Crippen LogP contribution in [0.25, 0.3) is 0 Å². The summed E-state index contributed by atoms with van der Waals surface area (Å²) in [6.45, 7) is 0. The molecule has 6 nitrogen and oxygen atoms in total. The number of methoxy groups -OCH3 is 1. The van der Waals surface area contributed by atoms with E-state index in [-0.39, 0.29) is 29.4 Å². The molecular formula is C28H35NO5. The molecule has 182 valence electrons. The van der Waals surface area contributed by atoms with Crippen molar-refractivity contribution in [1.82, 2.24) is 5.32 Å². The molecule has 1 aliphatic heterocycles. The van der Waals surface area contributed by atoms with Gasteiger partial charge in [0.15, 0.2) is 11.5 Å². The first-order valence-electron chi connectivity index (χ1n) is 12.7. The van der Waals surface area contributed by atoms with Crippen LogP contribution in [0.4, 0.5) is 0 Å². The Labute approximate surface area is 201 Å². The van der Waals surface area contributed by atoms with Crippen molar-refractivity contribution in [3.63, 3.8) is 0 Å². The molecule has 1 unspecified atom stereocenters. The van der Waals surface area contributed by atoms with E-state index < -0.39 is 0 Å². The van der Waals surface area contributed by atoms with Gasteiger partial charge in [0.05, 0.1) is 19.3 Å². The monoisotopic (exact) mass is 465 g/mol. The number of amides is 1. The lowest BCUT2D eigenvalue weighted by Crippen LogP contribution is -2.49. The van der Waals surface area contributed by atoms with E-state index in [9.17, 15) is 9.90 Å². The summed E-state index contributed by atoms with van der Waals surface area (Å²) in [6.07, 6.45) is 10.7. The number of hydrogen-bond acceptors (Lipinski definition) is 5. The SMILES string of the molecule is COc1cccc(CCCC(=O)NC2CC3(CCC3)Oc3cc(O)ccc32)c1OC1CCCC1. The third kappa shape index (κ3) is 4.82. The number of rotatable bonds is 8. The Morgan fingerprint density at radius 3 is 2.74 bits per heavy atom. The molecule has 1 atom stereocenters. The van der Waals surface area contributed by atoms with Crippen molar-refractivity contribution in [2.45, 2.75) is 88.4 Å². The van der Waals surface area contributed by atoms with Crippen molar-refractivity contribution in [3.8, 4) is 23.0 Å². The van der Waals surface area contributed by atoms with Crippen LogP contribution in [0.15, 0.2) is 36.4 Å². The molecule has 0 bridgehead atoms. The molecule has 1 heterocycles. The van der Waals surface area contributed by atoms with Crippen molar-refractivity contribution >= 4 is 5.91 Å². The maximum absolute atomic E-state index is 12.9. The molecule has 6 heteroatoms. The third-order valence-electron chi connectivity index (χ3n) is 7.59. The van der Waals surface area contributed by atoms with Crippen molar-refractivity contribution in [1.29, 1.82) is 0 Å². The fourth-order valence-electron chi connectivity index (χ4n) is 5.59. The second-order valence-corrected chi connectivity index (χ2v) is 10.0. The maximum Gasteiger partial charge on any atom is 0.220 e. The number of phenolic OH excluding ortho intramolecular Hbond substituents is 1. The van der Waals surface area contributed by atoms with Crippen LogP contribution >= 0.6 is 0 Å². The molecule has 2 saturated carbocycles. The Kier molecular flexibility index (Phi) is 6.57. The second-order valence-electron chi connectivity index (χ2n) is 10.0. The summed E-state index contributed by atoms with van der Waals surface area (Å²) in [4.78, 5) is 12.9. The number of aromatic hydroxyl groups is 1. The number of phenols is 1. The Bertz CT molecular complexity index is 1030. The van der Waals surface area contributed by atoms with E-state index in [0.29, 0.717) is 12.2 Å². The van der Waals surface area contributed by atoms with E-state index in [2.05, 4.69) is 11.4 Å². The lowest BCUT2D eigenvalue weighted by Gasteiger charge is -2.48. The van der Waals surface area contributed by atoms with Crippen LogP contribution in [-0.2, 0) is 11.2 Å². The van der Waals surface area contributed by atoms with Crippen LogP contribution in [0.3, 0.4) is 0 Å². The highest BCUT2D eigenvalue weighted by atomic mass is 16.5. The zero-order chi connectivity index (χ0) is 23.5. The molecule has 0 aromatic heterocycles. The molecule has 1 amide bonds. The van der Waals surface area contributed by atoms with E-state index in [0.717, 1.165) is 74.0 Å². The van der Waals surface area contributed by atoms with Crippen LogP contribution < -0.4 is 19.5 Å². The normalized spacial score (nSPS) is 20.8. The number of aryl methyl sites for hydroxylation is 1. The maximum atomic E-state index is 12.9. The molecule has 2 N–H and O–H groups in total. The van der Waals surface area contributed by atoms with Crippen LogP contribution in [0, 0.1) is 0 Å². The van der Waals surface area contributed by atoms with Crippen LogP contribution in [0.2, 0.25) is 0 Å². The zero-order valence-electron chi connectivity index (χ0n) is 20.0. The molecule has 0 saturated heterocycles. The fourth-order valence-corrected chi connectivity index (χ4v) is 5.59. The molecule has 3 aliphatic rings. The van der Waals surface area contributed by atoms with Crippen molar-refractivity contribution in [2.24, 2.45) is 0 Å². The molecule has 2 aromatic carbocycles. The Morgan fingerprint density at radius 2 is 2.00 bits per heavy atom. The summed E-state index contributed by atoms with van der Waals surface area (Å²) in [7, 11) is 1.68. The molecule has 5 rings (SSSR count). The number of benzene rings is 2. The van der Waals surface area contributed by atoms with Gasteiger partial charge in [0.2, 0.25) is 5.91 Å². The topological polar surface area (TPSA) is 77.0 Å². The molecule has 0 radical (unpaired) electrons. The number of fused-ring (bicyclic) bond motifs is 1. The van der Waals surface area contributed by atoms with Crippen molar-refractivity contribution in [2.75, 3.05) is 7.11 Å². The fraction of sp³-hybridized carbons (Fsp3) is 0.536. The molecular weight excluding hydrogens is 430 g/mol. The Morgan fingerprint density at radius 1 is 1.18 bits per heavy atom. The summed E-state index contributed by atoms with van der Waals surface area (Å²) in [5.41, 5.74) is 1.84. The van der Waals surface area contributed by atoms with Crippen LogP contribution in [0.1, 0.15) is 81.4 Å². The predicted molar refractivity (Wildman–Crippen MR) is 130 cm³/mol. The first-order valence-corrected chi connectivity index (χ1v) is 12.7. The van der Waals surface area contributed by atoms with Crippen molar-refractivity contribution < 1.29 is 24.1 Å². The lowest BCUT2D eigenvalue weighted by atomic mass is 9.73. The lowest BCUT2D eigenvalue weighted by molar-refractivity contribution is -0.123. The van der Waals surface area contributed by atoms with E-state index in [1.165, 1.54) is 12.8 Å². The quantitative estimate of drug-likeness (QED) is 0.530. The van der Waals surface area contributed by atoms with Gasteiger partial charge < -0.3 is 24.6 Å². The van der Waals surface area contributed by atoms with Gasteiger partial charge in [-0.1, -0.05) is 12.1 Å². The van der Waals surface area contributed by atoms with Gasteiger partial charge in [-0.2, -0.15) is 0 Å². The largest absolute Gasteiger partial charge is 0.508 e. The summed E-state index contributed by atoms with van der Waals surface area (Å²) >= 11 is 0. The minimum absolute atomic E-state index is 0.0431. The number of hydrogen-bond donors (Lipinski definition) is 2. The Balaban J connectivity index is 1.21. The van der Waals surface area contributed by atoms with Crippen LogP contribution in [0.5, 0.6) is 23.0 Å². The van der Waals surface area contributed by atoms with Gasteiger partial charge in [-0.15, -0.1) is 0 Å².